The smallest absolute Gasteiger partial charge is 0.292 e. The molecule has 3 aliphatic rings. The number of aromatic nitrogens is 1. The molecule has 5 rings (SSSR count). The summed E-state index contributed by atoms with van der Waals surface area (Å²) >= 11 is 0. The fourth-order valence-corrected chi connectivity index (χ4v) is 5.61. The van der Waals surface area contributed by atoms with E-state index in [0.29, 0.717) is 17.6 Å². The summed E-state index contributed by atoms with van der Waals surface area (Å²) in [6.07, 6.45) is 10.5. The zero-order valence-electron chi connectivity index (χ0n) is 15.9. The summed E-state index contributed by atoms with van der Waals surface area (Å²) in [6.45, 7) is 0. The molecule has 1 N–H and O–H groups in total. The van der Waals surface area contributed by atoms with Crippen LogP contribution in [0.2, 0.25) is 0 Å². The van der Waals surface area contributed by atoms with Crippen LogP contribution in [0.5, 0.6) is 0 Å². The monoisotopic (exact) mass is 365 g/mol. The molecular weight excluding hydrogens is 338 g/mol. The molecule has 1 amide bonds. The Hall–Kier alpha value is -2.14. The first-order chi connectivity index (χ1) is 13.1. The Morgan fingerprint density at radius 3 is 2.59 bits per heavy atom. The van der Waals surface area contributed by atoms with Crippen molar-refractivity contribution in [2.45, 2.75) is 69.5 Å². The zero-order chi connectivity index (χ0) is 18.5. The third-order valence-electron chi connectivity index (χ3n) is 7.01. The van der Waals surface area contributed by atoms with Crippen LogP contribution >= 0.6 is 0 Å². The number of aryl methyl sites for hydroxylation is 1. The number of fused-ring (bicyclic) bond motifs is 5. The van der Waals surface area contributed by atoms with Gasteiger partial charge in [0.05, 0.1) is 11.1 Å². The topological polar surface area (TPSA) is 53.8 Å². The number of ketones is 1. The van der Waals surface area contributed by atoms with Gasteiger partial charge in [-0.3, -0.25) is 9.59 Å². The van der Waals surface area contributed by atoms with Crippen LogP contribution in [0, 0.1) is 0 Å². The van der Waals surface area contributed by atoms with Gasteiger partial charge in [-0.15, -0.1) is 0 Å². The Morgan fingerprint density at radius 2 is 1.81 bits per heavy atom. The van der Waals surface area contributed by atoms with Gasteiger partial charge in [0.25, 0.3) is 11.7 Å². The van der Waals surface area contributed by atoms with Crippen molar-refractivity contribution in [1.29, 1.82) is 0 Å². The standard InChI is InChI=1S/C22H27N3O2/c1-24-15-9-10-16(24)13-14(12-15)23-22(27)21(26)20-17-6-2-3-7-18(17)25-11-5-4-8-19(20)25/h4-5,8,11,14-16H,2-3,6-7,9-10,12-13H2,1H3,(H,23,27). The van der Waals surface area contributed by atoms with Crippen LogP contribution in [0.15, 0.2) is 24.4 Å². The van der Waals surface area contributed by atoms with Crippen molar-refractivity contribution < 1.29 is 9.59 Å². The van der Waals surface area contributed by atoms with Gasteiger partial charge < -0.3 is 14.6 Å². The van der Waals surface area contributed by atoms with Gasteiger partial charge in [0.2, 0.25) is 0 Å². The summed E-state index contributed by atoms with van der Waals surface area (Å²) in [5.41, 5.74) is 3.83. The highest BCUT2D eigenvalue weighted by Crippen LogP contribution is 2.34. The molecule has 1 aliphatic carbocycles. The SMILES string of the molecule is CN1C2CCC1CC(NC(=O)C(=O)c1c3c(n4ccccc14)CCCC3)C2. The summed E-state index contributed by atoms with van der Waals surface area (Å²) in [6, 6.07) is 7.13. The molecule has 2 unspecified atom stereocenters. The average Bonchev–Trinajstić information content (AvgIpc) is 3.10. The van der Waals surface area contributed by atoms with Crippen molar-refractivity contribution in [2.75, 3.05) is 7.05 Å². The van der Waals surface area contributed by atoms with Gasteiger partial charge in [0, 0.05) is 30.0 Å². The normalized spacial score (nSPS) is 27.5. The summed E-state index contributed by atoms with van der Waals surface area (Å²) in [5, 5.41) is 3.08. The van der Waals surface area contributed by atoms with Crippen molar-refractivity contribution in [2.24, 2.45) is 0 Å². The zero-order valence-corrected chi connectivity index (χ0v) is 15.9. The Kier molecular flexibility index (Phi) is 4.08. The largest absolute Gasteiger partial charge is 0.346 e. The van der Waals surface area contributed by atoms with Crippen molar-refractivity contribution in [1.82, 2.24) is 14.6 Å². The first-order valence-electron chi connectivity index (χ1n) is 10.3. The summed E-state index contributed by atoms with van der Waals surface area (Å²) in [7, 11) is 2.19. The third kappa shape index (κ3) is 2.71. The first-order valence-corrected chi connectivity index (χ1v) is 10.3. The Labute approximate surface area is 159 Å². The quantitative estimate of drug-likeness (QED) is 0.672. The fraction of sp³-hybridized carbons (Fsp3) is 0.545. The number of rotatable bonds is 3. The van der Waals surface area contributed by atoms with E-state index in [2.05, 4.69) is 21.7 Å². The number of piperidine rings is 1. The van der Waals surface area contributed by atoms with E-state index in [1.807, 2.05) is 24.4 Å². The minimum atomic E-state index is -0.423. The number of Topliss-reactive ketones (excluding diaryl/α,β-unsaturated/α-hetero) is 1. The maximum Gasteiger partial charge on any atom is 0.292 e. The predicted octanol–water partition coefficient (Wildman–Crippen LogP) is 2.74. The predicted molar refractivity (Wildman–Crippen MR) is 104 cm³/mol. The molecule has 0 saturated carbocycles. The van der Waals surface area contributed by atoms with Crippen molar-refractivity contribution in [3.63, 3.8) is 0 Å². The average molecular weight is 365 g/mol. The molecule has 5 nitrogen and oxygen atoms in total. The molecule has 2 aliphatic heterocycles. The second kappa shape index (κ2) is 6.48. The molecule has 2 aromatic rings. The maximum atomic E-state index is 13.2. The van der Waals surface area contributed by atoms with Crippen LogP contribution < -0.4 is 5.32 Å². The number of nitrogens with zero attached hydrogens (tertiary/aromatic N) is 2. The maximum absolute atomic E-state index is 13.2. The van der Waals surface area contributed by atoms with E-state index in [0.717, 1.165) is 49.6 Å². The molecule has 27 heavy (non-hydrogen) atoms. The van der Waals surface area contributed by atoms with Crippen molar-refractivity contribution in [3.05, 3.63) is 41.2 Å². The molecule has 0 aromatic carbocycles. The van der Waals surface area contributed by atoms with Gasteiger partial charge in [-0.1, -0.05) is 6.07 Å². The van der Waals surface area contributed by atoms with Gasteiger partial charge in [0.1, 0.15) is 0 Å². The van der Waals surface area contributed by atoms with Gasteiger partial charge in [-0.2, -0.15) is 0 Å². The highest BCUT2D eigenvalue weighted by atomic mass is 16.2. The van der Waals surface area contributed by atoms with Crippen LogP contribution in [-0.4, -0.2) is 46.2 Å². The molecular formula is C22H27N3O2. The van der Waals surface area contributed by atoms with E-state index in [-0.39, 0.29) is 11.8 Å². The molecule has 2 aromatic heterocycles. The highest BCUT2D eigenvalue weighted by Gasteiger charge is 2.39. The lowest BCUT2D eigenvalue weighted by Gasteiger charge is -2.36. The van der Waals surface area contributed by atoms with E-state index in [4.69, 9.17) is 0 Å². The molecule has 5 heteroatoms. The van der Waals surface area contributed by atoms with E-state index in [9.17, 15) is 9.59 Å². The van der Waals surface area contributed by atoms with Crippen LogP contribution in [-0.2, 0) is 17.6 Å². The molecule has 0 radical (unpaired) electrons. The summed E-state index contributed by atoms with van der Waals surface area (Å²) < 4.78 is 2.12. The van der Waals surface area contributed by atoms with E-state index in [1.54, 1.807) is 0 Å². The summed E-state index contributed by atoms with van der Waals surface area (Å²) in [4.78, 5) is 28.5. The van der Waals surface area contributed by atoms with Crippen molar-refractivity contribution >= 4 is 17.2 Å². The Balaban J connectivity index is 1.42. The number of pyridine rings is 1. The van der Waals surface area contributed by atoms with Crippen LogP contribution in [0.25, 0.3) is 5.52 Å². The van der Waals surface area contributed by atoms with E-state index in [1.165, 1.54) is 18.5 Å². The van der Waals surface area contributed by atoms with Crippen molar-refractivity contribution in [3.8, 4) is 0 Å². The van der Waals surface area contributed by atoms with Crippen LogP contribution in [0.3, 0.4) is 0 Å². The van der Waals surface area contributed by atoms with Crippen LogP contribution in [0.1, 0.15) is 60.1 Å². The molecule has 0 spiro atoms. The second-order valence-electron chi connectivity index (χ2n) is 8.48. The van der Waals surface area contributed by atoms with Gasteiger partial charge >= 0.3 is 0 Å². The van der Waals surface area contributed by atoms with Gasteiger partial charge in [-0.25, -0.2) is 0 Å². The molecule has 4 heterocycles. The third-order valence-corrected chi connectivity index (χ3v) is 7.01. The first kappa shape index (κ1) is 17.0. The lowest BCUT2D eigenvalue weighted by atomic mass is 9.92. The molecule has 2 atom stereocenters. The Bertz CT molecular complexity index is 902. The number of carbonyl (C=O) groups is 2. The van der Waals surface area contributed by atoms with Crippen LogP contribution in [0.4, 0.5) is 0 Å². The van der Waals surface area contributed by atoms with E-state index < -0.39 is 5.91 Å². The molecule has 2 bridgehead atoms. The number of carbonyl (C=O) groups excluding carboxylic acids is 2. The fourth-order valence-electron chi connectivity index (χ4n) is 5.61. The summed E-state index contributed by atoms with van der Waals surface area (Å²) in [5.74, 6) is -0.776. The van der Waals surface area contributed by atoms with Gasteiger partial charge in [-0.05, 0) is 76.1 Å². The highest BCUT2D eigenvalue weighted by molar-refractivity contribution is 6.44. The minimum Gasteiger partial charge on any atom is -0.346 e. The number of nitrogens with one attached hydrogen (secondary N) is 1. The lowest BCUT2D eigenvalue weighted by molar-refractivity contribution is -0.118. The Morgan fingerprint density at radius 1 is 1.07 bits per heavy atom. The minimum absolute atomic E-state index is 0.125. The number of hydrogen-bond donors (Lipinski definition) is 1. The number of amides is 1. The second-order valence-corrected chi connectivity index (χ2v) is 8.48. The molecule has 2 saturated heterocycles. The molecule has 2 fully saturated rings. The lowest BCUT2D eigenvalue weighted by Crippen LogP contribution is -2.50. The molecule has 142 valence electrons. The van der Waals surface area contributed by atoms with E-state index >= 15 is 0 Å². The van der Waals surface area contributed by atoms with Gasteiger partial charge in [0.15, 0.2) is 0 Å². The number of hydrogen-bond acceptors (Lipinski definition) is 3.